The Labute approximate surface area is 126 Å². The highest BCUT2D eigenvalue weighted by Crippen LogP contribution is 2.15. The van der Waals surface area contributed by atoms with Crippen molar-refractivity contribution in [3.63, 3.8) is 0 Å². The standard InChI is InChI=1S/C15H22N2O2.ClH/c1-15(2,3)19-14(18)17-10-13(11-17)16-9-12-7-5-4-6-8-12;/h4-8,13,16H,9-11H2,1-3H3;1H. The fraction of sp³-hybridized carbons (Fsp3) is 0.533. The number of ether oxygens (including phenoxy) is 1. The number of hydrogen-bond donors (Lipinski definition) is 1. The maximum Gasteiger partial charge on any atom is 0.410 e. The summed E-state index contributed by atoms with van der Waals surface area (Å²) in [4.78, 5) is 13.5. The molecule has 112 valence electrons. The largest absolute Gasteiger partial charge is 0.444 e. The van der Waals surface area contributed by atoms with Crippen molar-refractivity contribution < 1.29 is 9.53 Å². The lowest BCUT2D eigenvalue weighted by molar-refractivity contribution is 0.00519. The Hall–Kier alpha value is -1.26. The molecule has 0 atom stereocenters. The quantitative estimate of drug-likeness (QED) is 0.933. The Bertz CT molecular complexity index is 425. The van der Waals surface area contributed by atoms with E-state index >= 15 is 0 Å². The van der Waals surface area contributed by atoms with Gasteiger partial charge in [0.15, 0.2) is 0 Å². The van der Waals surface area contributed by atoms with Gasteiger partial charge in [-0.2, -0.15) is 0 Å². The van der Waals surface area contributed by atoms with E-state index in [9.17, 15) is 4.79 Å². The molecule has 0 aromatic heterocycles. The van der Waals surface area contributed by atoms with E-state index in [1.54, 1.807) is 4.90 Å². The van der Waals surface area contributed by atoms with Crippen LogP contribution >= 0.6 is 12.4 Å². The van der Waals surface area contributed by atoms with Gasteiger partial charge in [-0.25, -0.2) is 4.79 Å². The highest BCUT2D eigenvalue weighted by molar-refractivity contribution is 5.85. The maximum atomic E-state index is 11.7. The number of benzene rings is 1. The molecule has 0 aliphatic carbocycles. The number of carbonyl (C=O) groups is 1. The molecule has 1 aromatic carbocycles. The first-order valence-electron chi connectivity index (χ1n) is 6.69. The van der Waals surface area contributed by atoms with Gasteiger partial charge in [-0.05, 0) is 26.3 Å². The molecule has 0 spiro atoms. The summed E-state index contributed by atoms with van der Waals surface area (Å²) in [6.07, 6.45) is -0.217. The molecule has 0 bridgehead atoms. The Kier molecular flexibility index (Phi) is 5.84. The molecule has 0 saturated carbocycles. The molecule has 1 saturated heterocycles. The van der Waals surface area contributed by atoms with Gasteiger partial charge in [-0.3, -0.25) is 0 Å². The molecule has 1 aromatic rings. The fourth-order valence-corrected chi connectivity index (χ4v) is 1.94. The number of hydrogen-bond acceptors (Lipinski definition) is 3. The minimum Gasteiger partial charge on any atom is -0.444 e. The monoisotopic (exact) mass is 298 g/mol. The lowest BCUT2D eigenvalue weighted by Gasteiger charge is -2.40. The van der Waals surface area contributed by atoms with Crippen molar-refractivity contribution in [1.82, 2.24) is 10.2 Å². The van der Waals surface area contributed by atoms with Crippen LogP contribution in [-0.2, 0) is 11.3 Å². The first kappa shape index (κ1) is 16.8. The van der Waals surface area contributed by atoms with E-state index in [1.807, 2.05) is 39.0 Å². The van der Waals surface area contributed by atoms with Crippen molar-refractivity contribution in [2.75, 3.05) is 13.1 Å². The Morgan fingerprint density at radius 1 is 1.30 bits per heavy atom. The minimum absolute atomic E-state index is 0. The van der Waals surface area contributed by atoms with Crippen molar-refractivity contribution in [3.8, 4) is 0 Å². The second kappa shape index (κ2) is 6.95. The smallest absolute Gasteiger partial charge is 0.410 e. The summed E-state index contributed by atoms with van der Waals surface area (Å²) >= 11 is 0. The van der Waals surface area contributed by atoms with E-state index in [2.05, 4.69) is 17.4 Å². The predicted octanol–water partition coefficient (Wildman–Crippen LogP) is 2.82. The van der Waals surface area contributed by atoms with Gasteiger partial charge in [0.25, 0.3) is 0 Å². The average molecular weight is 299 g/mol. The number of nitrogens with zero attached hydrogens (tertiary/aromatic N) is 1. The maximum absolute atomic E-state index is 11.7. The Balaban J connectivity index is 0.00000200. The molecule has 1 aliphatic heterocycles. The number of halogens is 1. The third kappa shape index (κ3) is 5.02. The van der Waals surface area contributed by atoms with E-state index in [-0.39, 0.29) is 18.5 Å². The summed E-state index contributed by atoms with van der Waals surface area (Å²) in [6.45, 7) is 7.94. The molecule has 4 nitrogen and oxygen atoms in total. The van der Waals surface area contributed by atoms with Crippen LogP contribution in [0.4, 0.5) is 4.79 Å². The fourth-order valence-electron chi connectivity index (χ4n) is 1.94. The van der Waals surface area contributed by atoms with Crippen molar-refractivity contribution in [2.45, 2.75) is 39.0 Å². The molecule has 1 heterocycles. The van der Waals surface area contributed by atoms with E-state index in [1.165, 1.54) is 5.56 Å². The van der Waals surface area contributed by atoms with Crippen LogP contribution in [0.15, 0.2) is 30.3 Å². The third-order valence-electron chi connectivity index (χ3n) is 2.97. The van der Waals surface area contributed by atoms with Gasteiger partial charge in [0.05, 0.1) is 0 Å². The number of likely N-dealkylation sites (tertiary alicyclic amines) is 1. The molecule has 2 rings (SSSR count). The lowest BCUT2D eigenvalue weighted by Crippen LogP contribution is -2.60. The SMILES string of the molecule is CC(C)(C)OC(=O)N1CC(NCc2ccccc2)C1.Cl. The molecular formula is C15H23ClN2O2. The molecular weight excluding hydrogens is 276 g/mol. The van der Waals surface area contributed by atoms with Crippen molar-refractivity contribution in [1.29, 1.82) is 0 Å². The molecule has 0 unspecified atom stereocenters. The molecule has 1 fully saturated rings. The number of rotatable bonds is 3. The second-order valence-corrected chi connectivity index (χ2v) is 5.95. The zero-order valence-corrected chi connectivity index (χ0v) is 13.1. The van der Waals surface area contributed by atoms with Gasteiger partial charge < -0.3 is 15.0 Å². The van der Waals surface area contributed by atoms with Gasteiger partial charge in [-0.15, -0.1) is 12.4 Å². The number of nitrogens with one attached hydrogen (secondary N) is 1. The van der Waals surface area contributed by atoms with Gasteiger partial charge in [-0.1, -0.05) is 30.3 Å². The molecule has 1 aliphatic rings. The summed E-state index contributed by atoms with van der Waals surface area (Å²) in [5, 5.41) is 3.43. The highest BCUT2D eigenvalue weighted by atomic mass is 35.5. The first-order chi connectivity index (χ1) is 8.94. The van der Waals surface area contributed by atoms with Crippen LogP contribution in [0.5, 0.6) is 0 Å². The van der Waals surface area contributed by atoms with Gasteiger partial charge in [0.2, 0.25) is 0 Å². The molecule has 20 heavy (non-hydrogen) atoms. The summed E-state index contributed by atoms with van der Waals surface area (Å²) in [5.41, 5.74) is 0.845. The second-order valence-electron chi connectivity index (χ2n) is 5.95. The topological polar surface area (TPSA) is 41.6 Å². The van der Waals surface area contributed by atoms with Crippen LogP contribution in [0.2, 0.25) is 0 Å². The van der Waals surface area contributed by atoms with E-state index in [0.29, 0.717) is 6.04 Å². The van der Waals surface area contributed by atoms with Gasteiger partial charge in [0.1, 0.15) is 5.60 Å². The van der Waals surface area contributed by atoms with E-state index in [0.717, 1.165) is 19.6 Å². The third-order valence-corrected chi connectivity index (χ3v) is 2.97. The zero-order chi connectivity index (χ0) is 13.9. The van der Waals surface area contributed by atoms with Crippen molar-refractivity contribution >= 4 is 18.5 Å². The van der Waals surface area contributed by atoms with Crippen LogP contribution < -0.4 is 5.32 Å². The Morgan fingerprint density at radius 3 is 2.45 bits per heavy atom. The minimum atomic E-state index is -0.417. The van der Waals surface area contributed by atoms with E-state index < -0.39 is 5.60 Å². The van der Waals surface area contributed by atoms with Crippen LogP contribution in [0.25, 0.3) is 0 Å². The van der Waals surface area contributed by atoms with Crippen LogP contribution in [0, 0.1) is 0 Å². The number of carbonyl (C=O) groups excluding carboxylic acids is 1. The average Bonchev–Trinajstić information content (AvgIpc) is 2.25. The molecule has 1 N–H and O–H groups in total. The van der Waals surface area contributed by atoms with Crippen LogP contribution in [0.3, 0.4) is 0 Å². The van der Waals surface area contributed by atoms with Crippen LogP contribution in [-0.4, -0.2) is 35.7 Å². The molecule has 5 heteroatoms. The van der Waals surface area contributed by atoms with Gasteiger partial charge >= 0.3 is 6.09 Å². The van der Waals surface area contributed by atoms with Gasteiger partial charge in [0, 0.05) is 25.7 Å². The summed E-state index contributed by atoms with van der Waals surface area (Å²) < 4.78 is 5.31. The zero-order valence-electron chi connectivity index (χ0n) is 12.3. The number of amides is 1. The summed E-state index contributed by atoms with van der Waals surface area (Å²) in [6, 6.07) is 10.6. The summed E-state index contributed by atoms with van der Waals surface area (Å²) in [5.74, 6) is 0. The first-order valence-corrected chi connectivity index (χ1v) is 6.69. The molecule has 1 amide bonds. The van der Waals surface area contributed by atoms with Crippen molar-refractivity contribution in [3.05, 3.63) is 35.9 Å². The normalized spacial score (nSPS) is 15.2. The Morgan fingerprint density at radius 2 is 1.90 bits per heavy atom. The van der Waals surface area contributed by atoms with E-state index in [4.69, 9.17) is 4.74 Å². The molecule has 0 radical (unpaired) electrons. The summed E-state index contributed by atoms with van der Waals surface area (Å²) in [7, 11) is 0. The van der Waals surface area contributed by atoms with Crippen LogP contribution in [0.1, 0.15) is 26.3 Å². The predicted molar refractivity (Wildman–Crippen MR) is 82.1 cm³/mol. The lowest BCUT2D eigenvalue weighted by atomic mass is 10.1. The highest BCUT2D eigenvalue weighted by Gasteiger charge is 2.33. The van der Waals surface area contributed by atoms with Crippen molar-refractivity contribution in [2.24, 2.45) is 0 Å².